The first-order chi connectivity index (χ1) is 8.58. The van der Waals surface area contributed by atoms with Gasteiger partial charge in [-0.1, -0.05) is 24.8 Å². The zero-order valence-electron chi connectivity index (χ0n) is 10.7. The van der Waals surface area contributed by atoms with Gasteiger partial charge in [0.05, 0.1) is 0 Å². The van der Waals surface area contributed by atoms with Crippen LogP contribution in [0.2, 0.25) is 0 Å². The van der Waals surface area contributed by atoms with E-state index in [0.717, 1.165) is 16.9 Å². The fourth-order valence-corrected chi connectivity index (χ4v) is 1.82. The number of hydrogen-bond donors (Lipinski definition) is 2. The maximum Gasteiger partial charge on any atom is 0.117 e. The third-order valence-electron chi connectivity index (χ3n) is 3.02. The predicted octanol–water partition coefficient (Wildman–Crippen LogP) is 4.58. The molecule has 0 aliphatic carbocycles. The number of anilines is 2. The molecule has 2 aromatic rings. The third-order valence-corrected chi connectivity index (χ3v) is 3.02. The van der Waals surface area contributed by atoms with Crippen molar-refractivity contribution in [1.82, 2.24) is 0 Å². The van der Waals surface area contributed by atoms with Crippen LogP contribution in [0, 0.1) is 13.8 Å². The van der Waals surface area contributed by atoms with Gasteiger partial charge in [-0.2, -0.15) is 0 Å². The van der Waals surface area contributed by atoms with E-state index in [-0.39, 0.29) is 5.76 Å². The van der Waals surface area contributed by atoms with Crippen molar-refractivity contribution in [2.24, 2.45) is 0 Å². The Morgan fingerprint density at radius 2 is 1.78 bits per heavy atom. The average molecular weight is 239 g/mol. The molecule has 0 saturated heterocycles. The van der Waals surface area contributed by atoms with Crippen LogP contribution in [0.3, 0.4) is 0 Å². The maximum atomic E-state index is 9.55. The van der Waals surface area contributed by atoms with Crippen molar-refractivity contribution in [1.29, 1.82) is 0 Å². The summed E-state index contributed by atoms with van der Waals surface area (Å²) in [4.78, 5) is 0. The summed E-state index contributed by atoms with van der Waals surface area (Å²) in [6, 6.07) is 13.8. The second-order valence-corrected chi connectivity index (χ2v) is 4.42. The lowest BCUT2D eigenvalue weighted by atomic mass is 10.1. The van der Waals surface area contributed by atoms with Crippen LogP contribution in [-0.4, -0.2) is 5.11 Å². The summed E-state index contributed by atoms with van der Waals surface area (Å²) in [5.74, 6) is 0.0712. The van der Waals surface area contributed by atoms with Crippen molar-refractivity contribution in [3.8, 4) is 0 Å². The highest BCUT2D eigenvalue weighted by Gasteiger charge is 2.04. The first-order valence-electron chi connectivity index (χ1n) is 5.89. The largest absolute Gasteiger partial charge is 0.508 e. The molecule has 2 heteroatoms. The Kier molecular flexibility index (Phi) is 3.38. The molecule has 0 aliphatic rings. The Morgan fingerprint density at radius 1 is 1.06 bits per heavy atom. The van der Waals surface area contributed by atoms with Crippen LogP contribution in [0.1, 0.15) is 16.7 Å². The highest BCUT2D eigenvalue weighted by atomic mass is 16.3. The zero-order valence-corrected chi connectivity index (χ0v) is 10.7. The van der Waals surface area contributed by atoms with Crippen molar-refractivity contribution < 1.29 is 5.11 Å². The fourth-order valence-electron chi connectivity index (χ4n) is 1.82. The van der Waals surface area contributed by atoms with Crippen molar-refractivity contribution >= 4 is 17.1 Å². The van der Waals surface area contributed by atoms with Crippen LogP contribution in [0.15, 0.2) is 49.0 Å². The molecule has 0 amide bonds. The molecule has 2 aromatic carbocycles. The monoisotopic (exact) mass is 239 g/mol. The van der Waals surface area contributed by atoms with E-state index < -0.39 is 0 Å². The lowest BCUT2D eigenvalue weighted by Crippen LogP contribution is -1.96. The molecule has 18 heavy (non-hydrogen) atoms. The molecule has 2 N–H and O–H groups in total. The first-order valence-corrected chi connectivity index (χ1v) is 5.89. The Hall–Kier alpha value is -2.22. The smallest absolute Gasteiger partial charge is 0.117 e. The highest BCUT2D eigenvalue weighted by Crippen LogP contribution is 2.25. The molecule has 0 heterocycles. The topological polar surface area (TPSA) is 32.3 Å². The minimum Gasteiger partial charge on any atom is -0.508 e. The van der Waals surface area contributed by atoms with Gasteiger partial charge >= 0.3 is 0 Å². The summed E-state index contributed by atoms with van der Waals surface area (Å²) in [6.45, 7) is 7.74. The zero-order chi connectivity index (χ0) is 13.1. The first kappa shape index (κ1) is 12.2. The molecule has 0 aromatic heterocycles. The molecule has 0 spiro atoms. The predicted molar refractivity (Wildman–Crippen MR) is 77.3 cm³/mol. The van der Waals surface area contributed by atoms with Crippen LogP contribution in [0.25, 0.3) is 5.76 Å². The number of hydrogen-bond acceptors (Lipinski definition) is 2. The standard InChI is InChI=1S/C16H17NO/c1-11-8-9-14(10-12(11)2)17-16-7-5-4-6-15(16)13(3)18/h4-10,17-18H,3H2,1-2H3. The van der Waals surface area contributed by atoms with E-state index in [2.05, 4.69) is 37.9 Å². The van der Waals surface area contributed by atoms with Gasteiger partial charge in [-0.3, -0.25) is 0 Å². The van der Waals surface area contributed by atoms with Crippen LogP contribution in [-0.2, 0) is 0 Å². The Balaban J connectivity index is 2.34. The molecule has 0 radical (unpaired) electrons. The molecule has 0 fully saturated rings. The van der Waals surface area contributed by atoms with Crippen LogP contribution < -0.4 is 5.32 Å². The third kappa shape index (κ3) is 2.54. The van der Waals surface area contributed by atoms with Gasteiger partial charge < -0.3 is 10.4 Å². The molecule has 0 bridgehead atoms. The van der Waals surface area contributed by atoms with Gasteiger partial charge in [-0.25, -0.2) is 0 Å². The molecule has 0 aliphatic heterocycles. The number of para-hydroxylation sites is 1. The normalized spacial score (nSPS) is 10.1. The fraction of sp³-hybridized carbons (Fsp3) is 0.125. The Morgan fingerprint density at radius 3 is 2.44 bits per heavy atom. The lowest BCUT2D eigenvalue weighted by Gasteiger charge is -2.12. The average Bonchev–Trinajstić information content (AvgIpc) is 2.34. The number of aliphatic hydroxyl groups is 1. The summed E-state index contributed by atoms with van der Waals surface area (Å²) in [7, 11) is 0. The number of rotatable bonds is 3. The second-order valence-electron chi connectivity index (χ2n) is 4.42. The summed E-state index contributed by atoms with van der Waals surface area (Å²) in [5, 5.41) is 12.8. The molecular formula is C16H17NO. The molecule has 2 rings (SSSR count). The van der Waals surface area contributed by atoms with Gasteiger partial charge in [-0.05, 0) is 49.2 Å². The van der Waals surface area contributed by atoms with Gasteiger partial charge in [0.1, 0.15) is 5.76 Å². The van der Waals surface area contributed by atoms with Gasteiger partial charge in [-0.15, -0.1) is 0 Å². The van der Waals surface area contributed by atoms with Gasteiger partial charge in [0, 0.05) is 16.9 Å². The number of benzene rings is 2. The van der Waals surface area contributed by atoms with Gasteiger partial charge in [0.25, 0.3) is 0 Å². The minimum absolute atomic E-state index is 0.0712. The van der Waals surface area contributed by atoms with E-state index in [0.29, 0.717) is 0 Å². The van der Waals surface area contributed by atoms with Crippen molar-refractivity contribution in [3.05, 3.63) is 65.7 Å². The van der Waals surface area contributed by atoms with E-state index in [1.54, 1.807) is 0 Å². The lowest BCUT2D eigenvalue weighted by molar-refractivity contribution is 0.514. The van der Waals surface area contributed by atoms with Gasteiger partial charge in [0.2, 0.25) is 0 Å². The maximum absolute atomic E-state index is 9.55. The number of nitrogens with one attached hydrogen (secondary N) is 1. The van der Waals surface area contributed by atoms with Crippen LogP contribution in [0.4, 0.5) is 11.4 Å². The molecular weight excluding hydrogens is 222 g/mol. The van der Waals surface area contributed by atoms with E-state index in [1.807, 2.05) is 30.3 Å². The van der Waals surface area contributed by atoms with E-state index in [1.165, 1.54) is 11.1 Å². The molecule has 0 unspecified atom stereocenters. The van der Waals surface area contributed by atoms with Crippen molar-refractivity contribution in [3.63, 3.8) is 0 Å². The Labute approximate surface area is 108 Å². The Bertz CT molecular complexity index is 587. The quantitative estimate of drug-likeness (QED) is 0.769. The van der Waals surface area contributed by atoms with Crippen molar-refractivity contribution in [2.75, 3.05) is 5.32 Å². The van der Waals surface area contributed by atoms with E-state index >= 15 is 0 Å². The minimum atomic E-state index is 0.0712. The van der Waals surface area contributed by atoms with E-state index in [9.17, 15) is 5.11 Å². The number of aliphatic hydroxyl groups excluding tert-OH is 1. The van der Waals surface area contributed by atoms with Crippen LogP contribution >= 0.6 is 0 Å². The van der Waals surface area contributed by atoms with Gasteiger partial charge in [0.15, 0.2) is 0 Å². The molecule has 0 atom stereocenters. The molecule has 0 saturated carbocycles. The highest BCUT2D eigenvalue weighted by molar-refractivity contribution is 5.75. The second kappa shape index (κ2) is 4.96. The SMILES string of the molecule is C=C(O)c1ccccc1Nc1ccc(C)c(C)c1. The number of aryl methyl sites for hydroxylation is 2. The van der Waals surface area contributed by atoms with Crippen molar-refractivity contribution in [2.45, 2.75) is 13.8 Å². The summed E-state index contributed by atoms with van der Waals surface area (Å²) in [5.41, 5.74) is 5.08. The van der Waals surface area contributed by atoms with E-state index in [4.69, 9.17) is 0 Å². The molecule has 92 valence electrons. The summed E-state index contributed by atoms with van der Waals surface area (Å²) < 4.78 is 0. The molecule has 2 nitrogen and oxygen atoms in total. The van der Waals surface area contributed by atoms with Crippen LogP contribution in [0.5, 0.6) is 0 Å². The summed E-state index contributed by atoms with van der Waals surface area (Å²) in [6.07, 6.45) is 0. The summed E-state index contributed by atoms with van der Waals surface area (Å²) >= 11 is 0.